The van der Waals surface area contributed by atoms with Crippen LogP contribution in [-0.2, 0) is 10.2 Å². The Morgan fingerprint density at radius 2 is 2.06 bits per heavy atom. The summed E-state index contributed by atoms with van der Waals surface area (Å²) in [4.78, 5) is 11.4. The van der Waals surface area contributed by atoms with Crippen LogP contribution in [0.25, 0.3) is 0 Å². The number of nitrogens with one attached hydrogen (secondary N) is 1. The van der Waals surface area contributed by atoms with Crippen molar-refractivity contribution in [2.45, 2.75) is 26.2 Å². The van der Waals surface area contributed by atoms with Gasteiger partial charge in [-0.2, -0.15) is 0 Å². The summed E-state index contributed by atoms with van der Waals surface area (Å²) in [6.07, 6.45) is 5.06. The second-order valence-electron chi connectivity index (χ2n) is 5.02. The molecule has 0 aliphatic rings. The molecule has 1 N–H and O–H groups in total. The monoisotopic (exact) mass is 245 g/mol. The van der Waals surface area contributed by atoms with Crippen LogP contribution in [0.2, 0.25) is 0 Å². The lowest BCUT2D eigenvalue weighted by Crippen LogP contribution is -2.29. The van der Waals surface area contributed by atoms with Crippen molar-refractivity contribution in [3.05, 3.63) is 29.8 Å². The summed E-state index contributed by atoms with van der Waals surface area (Å²) in [6.45, 7) is 6.52. The average molecular weight is 245 g/mol. The first-order valence-corrected chi connectivity index (χ1v) is 5.87. The minimum atomic E-state index is -0.211. The van der Waals surface area contributed by atoms with Gasteiger partial charge in [-0.15, -0.1) is 6.42 Å². The highest BCUT2D eigenvalue weighted by Crippen LogP contribution is 2.30. The number of rotatable bonds is 4. The topological polar surface area (TPSA) is 38.3 Å². The van der Waals surface area contributed by atoms with Gasteiger partial charge in [-0.3, -0.25) is 4.79 Å². The van der Waals surface area contributed by atoms with Crippen molar-refractivity contribution in [2.24, 2.45) is 0 Å². The van der Waals surface area contributed by atoms with Crippen molar-refractivity contribution in [1.82, 2.24) is 5.32 Å². The summed E-state index contributed by atoms with van der Waals surface area (Å²) in [5.74, 6) is 2.87. The molecule has 0 aromatic heterocycles. The van der Waals surface area contributed by atoms with Gasteiger partial charge in [0.15, 0.2) is 6.61 Å². The standard InChI is InChI=1S/C15H19NO2/c1-5-10-16-14(17)11-18-13-9-7-6-8-12(13)15(2,3)4/h1,6-9H,10-11H2,2-4H3,(H,16,17). The third-order valence-corrected chi connectivity index (χ3v) is 2.44. The molecule has 1 aromatic carbocycles. The molecular formula is C15H19NO2. The van der Waals surface area contributed by atoms with Crippen LogP contribution in [0.1, 0.15) is 26.3 Å². The fourth-order valence-corrected chi connectivity index (χ4v) is 1.56. The van der Waals surface area contributed by atoms with E-state index in [1.54, 1.807) is 0 Å². The molecule has 1 aromatic rings. The van der Waals surface area contributed by atoms with E-state index in [2.05, 4.69) is 32.0 Å². The Morgan fingerprint density at radius 1 is 1.39 bits per heavy atom. The number of benzene rings is 1. The highest BCUT2D eigenvalue weighted by molar-refractivity contribution is 5.77. The zero-order valence-corrected chi connectivity index (χ0v) is 11.1. The molecule has 0 radical (unpaired) electrons. The van der Waals surface area contributed by atoms with Crippen LogP contribution in [0.3, 0.4) is 0 Å². The molecule has 1 amide bonds. The zero-order valence-electron chi connectivity index (χ0n) is 11.1. The van der Waals surface area contributed by atoms with Crippen LogP contribution < -0.4 is 10.1 Å². The maximum atomic E-state index is 11.4. The Hall–Kier alpha value is -1.95. The molecule has 3 heteroatoms. The Kier molecular flexibility index (Phi) is 4.79. The van der Waals surface area contributed by atoms with E-state index < -0.39 is 0 Å². The second-order valence-corrected chi connectivity index (χ2v) is 5.02. The van der Waals surface area contributed by atoms with Crippen molar-refractivity contribution in [2.75, 3.05) is 13.2 Å². The van der Waals surface area contributed by atoms with Gasteiger partial charge < -0.3 is 10.1 Å². The lowest BCUT2D eigenvalue weighted by molar-refractivity contribution is -0.122. The summed E-state index contributed by atoms with van der Waals surface area (Å²) in [7, 11) is 0. The number of terminal acetylenes is 1. The predicted molar refractivity (Wildman–Crippen MR) is 72.5 cm³/mol. The molecular weight excluding hydrogens is 226 g/mol. The van der Waals surface area contributed by atoms with Crippen molar-refractivity contribution in [3.63, 3.8) is 0 Å². The Balaban J connectivity index is 2.68. The maximum Gasteiger partial charge on any atom is 0.258 e. The molecule has 0 bridgehead atoms. The van der Waals surface area contributed by atoms with Crippen molar-refractivity contribution in [3.8, 4) is 18.1 Å². The van der Waals surface area contributed by atoms with Crippen molar-refractivity contribution in [1.29, 1.82) is 0 Å². The van der Waals surface area contributed by atoms with Crippen molar-refractivity contribution < 1.29 is 9.53 Å². The first-order chi connectivity index (χ1) is 8.45. The van der Waals surface area contributed by atoms with Gasteiger partial charge in [-0.1, -0.05) is 44.9 Å². The van der Waals surface area contributed by atoms with Gasteiger partial charge in [0.05, 0.1) is 6.54 Å². The first-order valence-electron chi connectivity index (χ1n) is 5.87. The van der Waals surface area contributed by atoms with E-state index in [0.29, 0.717) is 0 Å². The number of para-hydroxylation sites is 1. The van der Waals surface area contributed by atoms with Crippen LogP contribution in [0, 0.1) is 12.3 Å². The molecule has 0 aliphatic carbocycles. The number of carbonyl (C=O) groups excluding carboxylic acids is 1. The SMILES string of the molecule is C#CCNC(=O)COc1ccccc1C(C)(C)C. The van der Waals surface area contributed by atoms with E-state index in [4.69, 9.17) is 11.2 Å². The van der Waals surface area contributed by atoms with Crippen LogP contribution in [0.4, 0.5) is 0 Å². The summed E-state index contributed by atoms with van der Waals surface area (Å²) < 4.78 is 5.54. The van der Waals surface area contributed by atoms with E-state index in [1.807, 2.05) is 24.3 Å². The third-order valence-electron chi connectivity index (χ3n) is 2.44. The molecule has 18 heavy (non-hydrogen) atoms. The van der Waals surface area contributed by atoms with E-state index in [-0.39, 0.29) is 24.5 Å². The quantitative estimate of drug-likeness (QED) is 0.825. The maximum absolute atomic E-state index is 11.4. The third kappa shape index (κ3) is 4.14. The summed E-state index contributed by atoms with van der Waals surface area (Å²) in [5, 5.41) is 2.56. The largest absolute Gasteiger partial charge is 0.483 e. The Bertz CT molecular complexity index is 452. The van der Waals surface area contributed by atoms with Gasteiger partial charge in [0.25, 0.3) is 5.91 Å². The van der Waals surface area contributed by atoms with Gasteiger partial charge in [0.1, 0.15) is 5.75 Å². The van der Waals surface area contributed by atoms with Gasteiger partial charge in [-0.25, -0.2) is 0 Å². The number of hydrogen-bond donors (Lipinski definition) is 1. The highest BCUT2D eigenvalue weighted by Gasteiger charge is 2.18. The van der Waals surface area contributed by atoms with Gasteiger partial charge in [0.2, 0.25) is 0 Å². The Morgan fingerprint density at radius 3 is 2.67 bits per heavy atom. The zero-order chi connectivity index (χ0) is 13.6. The molecule has 96 valence electrons. The first kappa shape index (κ1) is 14.1. The van der Waals surface area contributed by atoms with E-state index >= 15 is 0 Å². The van der Waals surface area contributed by atoms with E-state index in [9.17, 15) is 4.79 Å². The summed E-state index contributed by atoms with van der Waals surface area (Å²) in [5.41, 5.74) is 1.06. The molecule has 0 fully saturated rings. The number of carbonyl (C=O) groups is 1. The van der Waals surface area contributed by atoms with Crippen LogP contribution >= 0.6 is 0 Å². The molecule has 0 spiro atoms. The molecule has 3 nitrogen and oxygen atoms in total. The summed E-state index contributed by atoms with van der Waals surface area (Å²) in [6, 6.07) is 7.74. The fraction of sp³-hybridized carbons (Fsp3) is 0.400. The van der Waals surface area contributed by atoms with Crippen LogP contribution in [0.5, 0.6) is 5.75 Å². The number of amides is 1. The number of ether oxygens (including phenoxy) is 1. The lowest BCUT2D eigenvalue weighted by Gasteiger charge is -2.22. The Labute approximate surface area is 109 Å². The minimum Gasteiger partial charge on any atom is -0.483 e. The average Bonchev–Trinajstić information content (AvgIpc) is 2.33. The van der Waals surface area contributed by atoms with Gasteiger partial charge in [0, 0.05) is 0 Å². The lowest BCUT2D eigenvalue weighted by atomic mass is 9.86. The second kappa shape index (κ2) is 6.11. The fourth-order valence-electron chi connectivity index (χ4n) is 1.56. The van der Waals surface area contributed by atoms with E-state index in [1.165, 1.54) is 0 Å². The highest BCUT2D eigenvalue weighted by atomic mass is 16.5. The predicted octanol–water partition coefficient (Wildman–Crippen LogP) is 2.11. The van der Waals surface area contributed by atoms with Gasteiger partial charge >= 0.3 is 0 Å². The van der Waals surface area contributed by atoms with Crippen molar-refractivity contribution >= 4 is 5.91 Å². The molecule has 0 heterocycles. The number of hydrogen-bond acceptors (Lipinski definition) is 2. The molecule has 0 saturated heterocycles. The van der Waals surface area contributed by atoms with E-state index in [0.717, 1.165) is 11.3 Å². The molecule has 0 atom stereocenters. The van der Waals surface area contributed by atoms with Crippen LogP contribution in [0.15, 0.2) is 24.3 Å². The minimum absolute atomic E-state index is 0.0191. The molecule has 0 aliphatic heterocycles. The molecule has 0 saturated carbocycles. The molecule has 1 rings (SSSR count). The van der Waals surface area contributed by atoms with Crippen LogP contribution in [-0.4, -0.2) is 19.1 Å². The molecule has 0 unspecified atom stereocenters. The summed E-state index contributed by atoms with van der Waals surface area (Å²) >= 11 is 0. The smallest absolute Gasteiger partial charge is 0.258 e. The normalized spacial score (nSPS) is 10.6. The van der Waals surface area contributed by atoms with Gasteiger partial charge in [-0.05, 0) is 17.0 Å².